The lowest BCUT2D eigenvalue weighted by Crippen LogP contribution is -2.40. The van der Waals surface area contributed by atoms with E-state index in [0.29, 0.717) is 5.69 Å². The Morgan fingerprint density at radius 1 is 1.35 bits per heavy atom. The first kappa shape index (κ1) is 15.3. The van der Waals surface area contributed by atoms with Crippen LogP contribution in [0, 0.1) is 6.92 Å². The Hall–Kier alpha value is -1.11. The number of anilines is 1. The van der Waals surface area contributed by atoms with Gasteiger partial charge in [-0.3, -0.25) is 0 Å². The van der Waals surface area contributed by atoms with Gasteiger partial charge in [-0.25, -0.2) is 8.42 Å². The summed E-state index contributed by atoms with van der Waals surface area (Å²) in [7, 11) is -3.59. The Kier molecular flexibility index (Phi) is 4.67. The number of nitrogen functional groups attached to an aromatic ring is 1. The van der Waals surface area contributed by atoms with Crippen molar-refractivity contribution in [3.05, 3.63) is 23.8 Å². The van der Waals surface area contributed by atoms with Crippen molar-refractivity contribution in [2.75, 3.05) is 18.9 Å². The second kappa shape index (κ2) is 6.11. The quantitative estimate of drug-likeness (QED) is 0.807. The monoisotopic (exact) mass is 298 g/mol. The molecule has 0 spiro atoms. The molecule has 1 aliphatic carbocycles. The maximum Gasteiger partial charge on any atom is 0.243 e. The van der Waals surface area contributed by atoms with Crippen molar-refractivity contribution in [2.24, 2.45) is 0 Å². The molecule has 0 aliphatic heterocycles. The van der Waals surface area contributed by atoms with Crippen molar-refractivity contribution >= 4 is 15.7 Å². The summed E-state index contributed by atoms with van der Waals surface area (Å²) in [4.78, 5) is 0.209. The van der Waals surface area contributed by atoms with Crippen molar-refractivity contribution in [1.29, 1.82) is 0 Å². The average molecular weight is 298 g/mol. The molecule has 1 saturated carbocycles. The van der Waals surface area contributed by atoms with Crippen LogP contribution in [0.1, 0.15) is 31.2 Å². The number of hydrogen-bond donors (Lipinski definition) is 2. The number of hydrogen-bond acceptors (Lipinski definition) is 4. The van der Waals surface area contributed by atoms with Crippen LogP contribution < -0.4 is 5.73 Å². The number of rotatable bonds is 5. The normalized spacial score (nSPS) is 16.9. The highest BCUT2D eigenvalue weighted by molar-refractivity contribution is 7.89. The van der Waals surface area contributed by atoms with Gasteiger partial charge >= 0.3 is 0 Å². The van der Waals surface area contributed by atoms with Gasteiger partial charge in [-0.2, -0.15) is 4.31 Å². The van der Waals surface area contributed by atoms with Gasteiger partial charge < -0.3 is 10.8 Å². The zero-order valence-electron chi connectivity index (χ0n) is 11.7. The molecule has 20 heavy (non-hydrogen) atoms. The number of aryl methyl sites for hydroxylation is 1. The SMILES string of the molecule is Cc1ccc(S(=O)(=O)N(CCO)C2CCCC2)cc1N. The molecule has 0 saturated heterocycles. The van der Waals surface area contributed by atoms with Gasteiger partial charge in [0.1, 0.15) is 0 Å². The molecule has 112 valence electrons. The molecule has 1 aromatic carbocycles. The van der Waals surface area contributed by atoms with E-state index in [2.05, 4.69) is 0 Å². The summed E-state index contributed by atoms with van der Waals surface area (Å²) in [6.07, 6.45) is 3.80. The fourth-order valence-corrected chi connectivity index (χ4v) is 4.42. The van der Waals surface area contributed by atoms with E-state index in [1.165, 1.54) is 10.4 Å². The molecule has 0 bridgehead atoms. The molecule has 0 amide bonds. The number of nitrogens with zero attached hydrogens (tertiary/aromatic N) is 1. The molecule has 3 N–H and O–H groups in total. The minimum atomic E-state index is -3.59. The first-order valence-corrected chi connectivity index (χ1v) is 8.39. The van der Waals surface area contributed by atoms with E-state index in [4.69, 9.17) is 5.73 Å². The minimum absolute atomic E-state index is 0.00493. The summed E-state index contributed by atoms with van der Waals surface area (Å²) in [5, 5.41) is 9.18. The Morgan fingerprint density at radius 3 is 2.55 bits per heavy atom. The molecule has 0 atom stereocenters. The number of nitrogens with two attached hydrogens (primary N) is 1. The van der Waals surface area contributed by atoms with Gasteiger partial charge in [-0.1, -0.05) is 18.9 Å². The lowest BCUT2D eigenvalue weighted by Gasteiger charge is -2.27. The molecular formula is C14H22N2O3S. The summed E-state index contributed by atoms with van der Waals surface area (Å²) in [6.45, 7) is 1.81. The summed E-state index contributed by atoms with van der Waals surface area (Å²) < 4.78 is 26.9. The van der Waals surface area contributed by atoms with Gasteiger partial charge in [0.15, 0.2) is 0 Å². The Labute approximate surface area is 120 Å². The van der Waals surface area contributed by atoms with Crippen molar-refractivity contribution in [2.45, 2.75) is 43.5 Å². The zero-order chi connectivity index (χ0) is 14.8. The number of aliphatic hydroxyl groups excluding tert-OH is 1. The van der Waals surface area contributed by atoms with Crippen LogP contribution in [0.5, 0.6) is 0 Å². The van der Waals surface area contributed by atoms with Gasteiger partial charge in [-0.05, 0) is 37.5 Å². The number of sulfonamides is 1. The Bertz CT molecular complexity index is 566. The molecule has 1 aliphatic rings. The topological polar surface area (TPSA) is 83.6 Å². The molecule has 0 radical (unpaired) electrons. The van der Waals surface area contributed by atoms with Crippen molar-refractivity contribution in [3.63, 3.8) is 0 Å². The molecule has 1 aromatic rings. The van der Waals surface area contributed by atoms with Crippen LogP contribution in [0.2, 0.25) is 0 Å². The summed E-state index contributed by atoms with van der Waals surface area (Å²) in [5.41, 5.74) is 7.15. The fraction of sp³-hybridized carbons (Fsp3) is 0.571. The van der Waals surface area contributed by atoms with Gasteiger partial charge in [0.05, 0.1) is 11.5 Å². The molecule has 6 heteroatoms. The van der Waals surface area contributed by atoms with Crippen molar-refractivity contribution < 1.29 is 13.5 Å². The summed E-state index contributed by atoms with van der Waals surface area (Å²) in [5.74, 6) is 0. The first-order valence-electron chi connectivity index (χ1n) is 6.95. The second-order valence-electron chi connectivity index (χ2n) is 5.30. The molecule has 0 unspecified atom stereocenters. The highest BCUT2D eigenvalue weighted by Gasteiger charge is 2.32. The van der Waals surface area contributed by atoms with E-state index in [1.807, 2.05) is 6.92 Å². The maximum absolute atomic E-state index is 12.7. The third-order valence-electron chi connectivity index (χ3n) is 3.91. The Balaban J connectivity index is 2.36. The number of benzene rings is 1. The lowest BCUT2D eigenvalue weighted by atomic mass is 10.2. The van der Waals surface area contributed by atoms with Crippen molar-refractivity contribution in [3.8, 4) is 0 Å². The number of aliphatic hydroxyl groups is 1. The largest absolute Gasteiger partial charge is 0.398 e. The van der Waals surface area contributed by atoms with Crippen LogP contribution in [0.3, 0.4) is 0 Å². The van der Waals surface area contributed by atoms with E-state index >= 15 is 0 Å². The van der Waals surface area contributed by atoms with Crippen LogP contribution in [0.4, 0.5) is 5.69 Å². The Morgan fingerprint density at radius 2 is 2.00 bits per heavy atom. The highest BCUT2D eigenvalue weighted by Crippen LogP contribution is 2.29. The highest BCUT2D eigenvalue weighted by atomic mass is 32.2. The predicted molar refractivity (Wildman–Crippen MR) is 78.8 cm³/mol. The first-order chi connectivity index (χ1) is 9.46. The van der Waals surface area contributed by atoms with E-state index in [-0.39, 0.29) is 24.1 Å². The van der Waals surface area contributed by atoms with Crippen LogP contribution in [0.25, 0.3) is 0 Å². The molecule has 0 heterocycles. The minimum Gasteiger partial charge on any atom is -0.398 e. The smallest absolute Gasteiger partial charge is 0.243 e. The van der Waals surface area contributed by atoms with Gasteiger partial charge in [0.25, 0.3) is 0 Å². The van der Waals surface area contributed by atoms with E-state index in [9.17, 15) is 13.5 Å². The molecule has 2 rings (SSSR count). The molecule has 0 aromatic heterocycles. The summed E-state index contributed by atoms with van der Waals surface area (Å²) >= 11 is 0. The van der Waals surface area contributed by atoms with Gasteiger partial charge in [0, 0.05) is 18.3 Å². The zero-order valence-corrected chi connectivity index (χ0v) is 12.6. The van der Waals surface area contributed by atoms with E-state index in [0.717, 1.165) is 31.2 Å². The lowest BCUT2D eigenvalue weighted by molar-refractivity contribution is 0.226. The van der Waals surface area contributed by atoms with Crippen molar-refractivity contribution in [1.82, 2.24) is 4.31 Å². The average Bonchev–Trinajstić information content (AvgIpc) is 2.92. The molecule has 5 nitrogen and oxygen atoms in total. The molecular weight excluding hydrogens is 276 g/mol. The van der Waals surface area contributed by atoms with Gasteiger partial charge in [0.2, 0.25) is 10.0 Å². The fourth-order valence-electron chi connectivity index (χ4n) is 2.70. The van der Waals surface area contributed by atoms with E-state index < -0.39 is 10.0 Å². The maximum atomic E-state index is 12.7. The third-order valence-corrected chi connectivity index (χ3v) is 5.86. The van der Waals surface area contributed by atoms with Crippen LogP contribution in [0.15, 0.2) is 23.1 Å². The predicted octanol–water partition coefficient (Wildman–Crippen LogP) is 1.50. The van der Waals surface area contributed by atoms with Crippen LogP contribution >= 0.6 is 0 Å². The van der Waals surface area contributed by atoms with E-state index in [1.54, 1.807) is 12.1 Å². The molecule has 1 fully saturated rings. The van der Waals surface area contributed by atoms with Crippen LogP contribution in [-0.4, -0.2) is 37.0 Å². The van der Waals surface area contributed by atoms with Gasteiger partial charge in [-0.15, -0.1) is 0 Å². The standard InChI is InChI=1S/C14H22N2O3S/c1-11-6-7-13(10-14(11)15)20(18,19)16(8-9-17)12-4-2-3-5-12/h6-7,10,12,17H,2-5,8-9,15H2,1H3. The summed E-state index contributed by atoms with van der Waals surface area (Å²) in [6, 6.07) is 4.80. The third kappa shape index (κ3) is 2.97. The van der Waals surface area contributed by atoms with Crippen LogP contribution in [-0.2, 0) is 10.0 Å². The second-order valence-corrected chi connectivity index (χ2v) is 7.19.